The molecule has 7 N–H and O–H groups in total. The molecule has 0 aliphatic rings. The molecule has 710 valence electrons. The van der Waals surface area contributed by atoms with E-state index in [0.717, 1.165) is 128 Å². The van der Waals surface area contributed by atoms with Crippen molar-refractivity contribution in [3.63, 3.8) is 0 Å². The van der Waals surface area contributed by atoms with Gasteiger partial charge in [-0.05, 0) is 124 Å². The van der Waals surface area contributed by atoms with Crippen molar-refractivity contribution in [2.24, 2.45) is 5.92 Å². The minimum Gasteiger partial charge on any atom is -0.462 e. The molecular formula is C94H179N5O20P2. The van der Waals surface area contributed by atoms with Crippen LogP contribution in [-0.4, -0.2) is 154 Å². The maximum Gasteiger partial charge on any atom is 0.472 e. The average molecular weight is 1760 g/mol. The first-order valence-electron chi connectivity index (χ1n) is 48.6. The molecule has 0 rings (SSSR count). The lowest BCUT2D eigenvalue weighted by atomic mass is 9.99. The summed E-state index contributed by atoms with van der Waals surface area (Å²) in [5, 5.41) is 13.7. The number of esters is 2. The smallest absolute Gasteiger partial charge is 0.462 e. The molecule has 121 heavy (non-hydrogen) atoms. The van der Waals surface area contributed by atoms with Gasteiger partial charge in [0.1, 0.15) is 23.7 Å². The van der Waals surface area contributed by atoms with Crippen LogP contribution in [-0.2, 0) is 79.7 Å². The summed E-state index contributed by atoms with van der Waals surface area (Å²) in [5.74, 6) is -3.93. The largest absolute Gasteiger partial charge is 0.472 e. The normalized spacial score (nSPS) is 14.1. The van der Waals surface area contributed by atoms with Gasteiger partial charge in [-0.3, -0.25) is 46.9 Å². The molecule has 27 heteroatoms. The van der Waals surface area contributed by atoms with E-state index in [1.807, 2.05) is 0 Å². The van der Waals surface area contributed by atoms with Crippen LogP contribution >= 0.6 is 15.6 Å². The molecule has 5 amide bonds. The highest BCUT2D eigenvalue weighted by atomic mass is 31.2. The number of ether oxygens (including phenoxy) is 5. The van der Waals surface area contributed by atoms with Gasteiger partial charge >= 0.3 is 33.7 Å². The molecule has 0 aromatic carbocycles. The molecule has 6 unspecified atom stereocenters. The minimum absolute atomic E-state index is 0.0219. The van der Waals surface area contributed by atoms with Crippen LogP contribution in [0, 0.1) is 5.92 Å². The summed E-state index contributed by atoms with van der Waals surface area (Å²) in [5.41, 5.74) is -0.739. The third-order valence-corrected chi connectivity index (χ3v) is 23.1. The molecule has 0 bridgehead atoms. The lowest BCUT2D eigenvalue weighted by Gasteiger charge is -2.22. The second-order valence-electron chi connectivity index (χ2n) is 34.1. The fourth-order valence-corrected chi connectivity index (χ4v) is 15.4. The summed E-state index contributed by atoms with van der Waals surface area (Å²) >= 11 is 0. The number of amides is 5. The SMILES string of the molecule is CCCCCC/C=C\CCCC(=O)OC(CCCCCCC)CCOCC(COP(=O)(O)OCCNC(=O)C(CCCCNC(=O)OC(C)(C)C)C(=O)NCCOP(=O)(O)OCC(COCCC(CCCCCCC)OC(=O)CCC/C=C\CCCCCC)NC(=O)CCCCCCCCCCCCC)NC(=O)CCCCCCCCCCCCC. The van der Waals surface area contributed by atoms with E-state index >= 15 is 0 Å². The van der Waals surface area contributed by atoms with Crippen molar-refractivity contribution in [3.05, 3.63) is 24.3 Å². The van der Waals surface area contributed by atoms with Gasteiger partial charge < -0.3 is 60.1 Å². The van der Waals surface area contributed by atoms with Crippen LogP contribution in [0.1, 0.15) is 428 Å². The number of nitrogens with one attached hydrogen (secondary N) is 5. The molecule has 0 heterocycles. The van der Waals surface area contributed by atoms with E-state index in [-0.39, 0.29) is 108 Å². The van der Waals surface area contributed by atoms with Crippen molar-refractivity contribution in [1.29, 1.82) is 0 Å². The Morgan fingerprint density at radius 2 is 0.645 bits per heavy atom. The standard InChI is InChI=1S/C94H179N5O20P2/c1-10-16-22-28-32-36-38-42-44-50-56-65-87(100)98-82(78-111-74-69-84(62-54-48-26-20-14-5)117-89(102)67-58-52-46-40-34-30-24-18-12-3)80-115-120(107,108)113-76-72-95-91(104)86(64-60-61-71-97-93(106)119-94(7,8)9)92(105)96-73-77-114-121(109,110)116-81-83(99-88(101)66-57-51-45-43-39-37-33-29-23-17-11-2)79-112-75-70-85(63-55-49-27-21-15-6)118-90(103)68-59-53-47-41-35-31-25-19-13-4/h40-41,46-47,82-86H,10-39,42-45,48-81H2,1-9H3,(H,95,104)(H,96,105)(H,97,106)(H,98,100)(H,99,101)(H,107,108)(H,109,110)/b46-40-,47-41-. The molecule has 25 nitrogen and oxygen atoms in total. The van der Waals surface area contributed by atoms with Gasteiger partial charge in [-0.2, -0.15) is 0 Å². The molecule has 6 atom stereocenters. The van der Waals surface area contributed by atoms with Gasteiger partial charge in [-0.15, -0.1) is 0 Å². The van der Waals surface area contributed by atoms with Crippen LogP contribution in [0.5, 0.6) is 0 Å². The number of phosphoric acid groups is 2. The summed E-state index contributed by atoms with van der Waals surface area (Å²) in [7, 11) is -9.68. The van der Waals surface area contributed by atoms with Crippen molar-refractivity contribution >= 4 is 57.3 Å². The summed E-state index contributed by atoms with van der Waals surface area (Å²) in [6.45, 7) is 16.1. The Labute approximate surface area is 735 Å². The van der Waals surface area contributed by atoms with E-state index < -0.39 is 83.6 Å². The van der Waals surface area contributed by atoms with Crippen LogP contribution in [0.25, 0.3) is 0 Å². The first kappa shape index (κ1) is 117. The Morgan fingerprint density at radius 3 is 0.992 bits per heavy atom. The van der Waals surface area contributed by atoms with E-state index in [0.29, 0.717) is 70.6 Å². The van der Waals surface area contributed by atoms with Crippen molar-refractivity contribution in [1.82, 2.24) is 26.6 Å². The summed E-state index contributed by atoms with van der Waals surface area (Å²) in [6.07, 6.45) is 61.1. The maximum atomic E-state index is 13.9. The zero-order valence-electron chi connectivity index (χ0n) is 77.9. The molecular weight excluding hydrogens is 1580 g/mol. The summed E-state index contributed by atoms with van der Waals surface area (Å²) in [4.78, 5) is 115. The molecule has 0 aromatic rings. The molecule has 0 aliphatic heterocycles. The Bertz CT molecular complexity index is 2520. The molecule has 0 spiro atoms. The number of allylic oxidation sites excluding steroid dienone is 4. The quantitative estimate of drug-likeness (QED) is 0.00743. The fourth-order valence-electron chi connectivity index (χ4n) is 13.9. The summed E-state index contributed by atoms with van der Waals surface area (Å²) in [6, 6.07) is -1.73. The highest BCUT2D eigenvalue weighted by Gasteiger charge is 2.30. The molecule has 0 radical (unpaired) electrons. The number of hydrogen-bond donors (Lipinski definition) is 7. The number of carbonyl (C=O) groups excluding carboxylic acids is 7. The average Bonchev–Trinajstić information content (AvgIpc) is 0.899. The highest BCUT2D eigenvalue weighted by Crippen LogP contribution is 2.44. The van der Waals surface area contributed by atoms with Crippen molar-refractivity contribution in [2.45, 2.75) is 458 Å². The second kappa shape index (κ2) is 82.7. The molecule has 0 aromatic heterocycles. The lowest BCUT2D eigenvalue weighted by Crippen LogP contribution is -2.43. The van der Waals surface area contributed by atoms with Gasteiger partial charge in [0.2, 0.25) is 23.6 Å². The van der Waals surface area contributed by atoms with Gasteiger partial charge in [-0.25, -0.2) is 13.9 Å². The number of carbonyl (C=O) groups is 7. The van der Waals surface area contributed by atoms with E-state index in [2.05, 4.69) is 92.4 Å². The zero-order valence-corrected chi connectivity index (χ0v) is 79.7. The maximum absolute atomic E-state index is 13.9. The molecule has 0 fully saturated rings. The third kappa shape index (κ3) is 80.1. The minimum atomic E-state index is -4.84. The number of rotatable bonds is 89. The number of phosphoric ester groups is 2. The first-order valence-corrected chi connectivity index (χ1v) is 51.6. The summed E-state index contributed by atoms with van der Waals surface area (Å²) < 4.78 is 78.1. The van der Waals surface area contributed by atoms with Crippen molar-refractivity contribution in [2.75, 3.05) is 72.5 Å². The monoisotopic (exact) mass is 1760 g/mol. The van der Waals surface area contributed by atoms with Gasteiger partial charge in [-0.1, -0.05) is 291 Å². The van der Waals surface area contributed by atoms with E-state index in [9.17, 15) is 52.5 Å². The van der Waals surface area contributed by atoms with Gasteiger partial charge in [0.15, 0.2) is 0 Å². The Kier molecular flexibility index (Phi) is 79.7. The predicted molar refractivity (Wildman–Crippen MR) is 488 cm³/mol. The van der Waals surface area contributed by atoms with Crippen LogP contribution in [0.4, 0.5) is 4.79 Å². The van der Waals surface area contributed by atoms with E-state index in [1.165, 1.54) is 141 Å². The van der Waals surface area contributed by atoms with E-state index in [1.54, 1.807) is 20.8 Å². The van der Waals surface area contributed by atoms with Crippen LogP contribution in [0.2, 0.25) is 0 Å². The highest BCUT2D eigenvalue weighted by molar-refractivity contribution is 7.47. The predicted octanol–water partition coefficient (Wildman–Crippen LogP) is 22.9. The zero-order chi connectivity index (χ0) is 89.2. The van der Waals surface area contributed by atoms with E-state index in [4.69, 9.17) is 41.8 Å². The second-order valence-corrected chi connectivity index (χ2v) is 37.0. The van der Waals surface area contributed by atoms with Crippen LogP contribution < -0.4 is 26.6 Å². The number of hydrogen-bond acceptors (Lipinski definition) is 18. The van der Waals surface area contributed by atoms with Crippen molar-refractivity contribution in [3.8, 4) is 0 Å². The van der Waals surface area contributed by atoms with Gasteiger partial charge in [0, 0.05) is 58.2 Å². The molecule has 0 saturated carbocycles. The van der Waals surface area contributed by atoms with Gasteiger partial charge in [0.05, 0.1) is 64.9 Å². The Morgan fingerprint density at radius 1 is 0.331 bits per heavy atom. The van der Waals surface area contributed by atoms with Crippen LogP contribution in [0.3, 0.4) is 0 Å². The first-order chi connectivity index (χ1) is 58.4. The number of unbranched alkanes of at least 4 members (excludes halogenated alkanes) is 39. The van der Waals surface area contributed by atoms with Crippen molar-refractivity contribution < 1.29 is 94.3 Å². The lowest BCUT2D eigenvalue weighted by molar-refractivity contribution is -0.151. The molecule has 0 saturated heterocycles. The topological polar surface area (TPSA) is 337 Å². The molecule has 0 aliphatic carbocycles. The Balaban J connectivity index is 6.25. The third-order valence-electron chi connectivity index (χ3n) is 21.1. The van der Waals surface area contributed by atoms with Gasteiger partial charge in [0.25, 0.3) is 0 Å². The number of alkyl carbamates (subject to hydrolysis) is 1. The Hall–Kier alpha value is -4.29. The fraction of sp³-hybridized carbons (Fsp3) is 0.883. The van der Waals surface area contributed by atoms with Crippen LogP contribution in [0.15, 0.2) is 24.3 Å².